The van der Waals surface area contributed by atoms with E-state index in [9.17, 15) is 4.79 Å². The third-order valence-corrected chi connectivity index (χ3v) is 2.55. The van der Waals surface area contributed by atoms with Crippen molar-refractivity contribution in [2.75, 3.05) is 26.3 Å². The molecule has 1 unspecified atom stereocenters. The number of carbonyl (C=O) groups is 1. The second-order valence-corrected chi connectivity index (χ2v) is 4.02. The summed E-state index contributed by atoms with van der Waals surface area (Å²) in [4.78, 5) is 11.4. The monoisotopic (exact) mass is 250 g/mol. The number of hydrogen-bond acceptors (Lipinski definition) is 3. The summed E-state index contributed by atoms with van der Waals surface area (Å²) in [6, 6.07) is 0.303. The van der Waals surface area contributed by atoms with E-state index in [0.717, 1.165) is 25.9 Å². The van der Waals surface area contributed by atoms with Gasteiger partial charge in [0.1, 0.15) is 6.61 Å². The molecule has 2 N–H and O–H groups in total. The molecule has 1 atom stereocenters. The molecule has 0 spiro atoms. The first-order valence-electron chi connectivity index (χ1n) is 5.90. The van der Waals surface area contributed by atoms with Crippen molar-refractivity contribution in [3.63, 3.8) is 0 Å². The number of amides is 1. The quantitative estimate of drug-likeness (QED) is 0.666. The second-order valence-electron chi connectivity index (χ2n) is 4.02. The minimum atomic E-state index is 0. The largest absolute Gasteiger partial charge is 0.372 e. The molecule has 1 rings (SSSR count). The molecular formula is C11H23ClN2O2. The Morgan fingerprint density at radius 2 is 2.31 bits per heavy atom. The van der Waals surface area contributed by atoms with Crippen molar-refractivity contribution in [3.05, 3.63) is 0 Å². The third-order valence-electron chi connectivity index (χ3n) is 2.55. The maximum absolute atomic E-state index is 11.4. The maximum atomic E-state index is 11.4. The van der Waals surface area contributed by atoms with Crippen molar-refractivity contribution >= 4 is 18.3 Å². The van der Waals surface area contributed by atoms with E-state index >= 15 is 0 Å². The molecule has 0 aromatic rings. The highest BCUT2D eigenvalue weighted by Gasteiger charge is 2.16. The molecule has 0 aromatic heterocycles. The van der Waals surface area contributed by atoms with Crippen LogP contribution < -0.4 is 10.6 Å². The molecule has 16 heavy (non-hydrogen) atoms. The van der Waals surface area contributed by atoms with E-state index in [1.165, 1.54) is 12.8 Å². The summed E-state index contributed by atoms with van der Waals surface area (Å²) >= 11 is 0. The van der Waals surface area contributed by atoms with E-state index in [0.29, 0.717) is 12.6 Å². The lowest BCUT2D eigenvalue weighted by Gasteiger charge is -2.11. The average Bonchev–Trinajstić information content (AvgIpc) is 2.70. The Morgan fingerprint density at radius 3 is 2.94 bits per heavy atom. The molecule has 0 saturated carbocycles. The van der Waals surface area contributed by atoms with Crippen molar-refractivity contribution < 1.29 is 9.53 Å². The zero-order valence-corrected chi connectivity index (χ0v) is 10.8. The van der Waals surface area contributed by atoms with Gasteiger partial charge in [0.25, 0.3) is 0 Å². The molecule has 0 radical (unpaired) electrons. The van der Waals surface area contributed by atoms with Gasteiger partial charge in [0.05, 0.1) is 0 Å². The Balaban J connectivity index is 0.00000225. The molecule has 1 fully saturated rings. The van der Waals surface area contributed by atoms with E-state index in [2.05, 4.69) is 17.6 Å². The normalized spacial score (nSPS) is 19.2. The predicted molar refractivity (Wildman–Crippen MR) is 67.0 cm³/mol. The van der Waals surface area contributed by atoms with Crippen molar-refractivity contribution in [1.29, 1.82) is 0 Å². The van der Waals surface area contributed by atoms with E-state index in [-0.39, 0.29) is 24.9 Å². The van der Waals surface area contributed by atoms with Crippen LogP contribution >= 0.6 is 12.4 Å². The van der Waals surface area contributed by atoms with Gasteiger partial charge >= 0.3 is 0 Å². The minimum absolute atomic E-state index is 0. The third kappa shape index (κ3) is 7.04. The van der Waals surface area contributed by atoms with Gasteiger partial charge in [0.2, 0.25) is 5.91 Å². The molecule has 0 aliphatic carbocycles. The van der Waals surface area contributed by atoms with Gasteiger partial charge in [-0.2, -0.15) is 0 Å². The molecule has 4 nitrogen and oxygen atoms in total. The first-order valence-corrected chi connectivity index (χ1v) is 5.90. The maximum Gasteiger partial charge on any atom is 0.246 e. The summed E-state index contributed by atoms with van der Waals surface area (Å²) in [5.74, 6) is 0.0141. The molecule has 1 aliphatic heterocycles. The van der Waals surface area contributed by atoms with Crippen LogP contribution in [-0.2, 0) is 9.53 Å². The summed E-state index contributed by atoms with van der Waals surface area (Å²) in [5, 5.41) is 6.15. The summed E-state index contributed by atoms with van der Waals surface area (Å²) in [6.45, 7) is 4.95. The number of halogens is 1. The number of unbranched alkanes of at least 4 members (excludes halogenated alkanes) is 2. The Morgan fingerprint density at radius 1 is 1.50 bits per heavy atom. The molecular weight excluding hydrogens is 228 g/mol. The Hall–Kier alpha value is -0.320. The Bertz CT molecular complexity index is 185. The van der Waals surface area contributed by atoms with Crippen LogP contribution in [0.4, 0.5) is 0 Å². The average molecular weight is 251 g/mol. The number of rotatable bonds is 7. The van der Waals surface area contributed by atoms with Crippen LogP contribution in [0, 0.1) is 0 Å². The molecule has 0 aromatic carbocycles. The minimum Gasteiger partial charge on any atom is -0.372 e. The van der Waals surface area contributed by atoms with E-state index in [1.807, 2.05) is 0 Å². The van der Waals surface area contributed by atoms with Crippen LogP contribution in [0.15, 0.2) is 0 Å². The number of hydrogen-bond donors (Lipinski definition) is 2. The SMILES string of the molecule is CCCCCOCC(=O)NC1CCNC1.Cl. The van der Waals surface area contributed by atoms with Crippen LogP contribution in [0.1, 0.15) is 32.6 Å². The van der Waals surface area contributed by atoms with Crippen LogP contribution in [-0.4, -0.2) is 38.3 Å². The summed E-state index contributed by atoms with van der Waals surface area (Å²) in [7, 11) is 0. The lowest BCUT2D eigenvalue weighted by Crippen LogP contribution is -2.38. The smallest absolute Gasteiger partial charge is 0.246 e. The number of carbonyl (C=O) groups excluding carboxylic acids is 1. The zero-order chi connectivity index (χ0) is 10.9. The van der Waals surface area contributed by atoms with Gasteiger partial charge in [0, 0.05) is 19.2 Å². The predicted octanol–water partition coefficient (Wildman–Crippen LogP) is 1.09. The number of nitrogens with one attached hydrogen (secondary N) is 2. The van der Waals surface area contributed by atoms with E-state index < -0.39 is 0 Å². The topological polar surface area (TPSA) is 50.4 Å². The highest BCUT2D eigenvalue weighted by atomic mass is 35.5. The summed E-state index contributed by atoms with van der Waals surface area (Å²) < 4.78 is 5.28. The molecule has 1 amide bonds. The lowest BCUT2D eigenvalue weighted by atomic mass is 10.2. The van der Waals surface area contributed by atoms with Crippen LogP contribution in [0.25, 0.3) is 0 Å². The van der Waals surface area contributed by atoms with Gasteiger partial charge in [-0.25, -0.2) is 0 Å². The van der Waals surface area contributed by atoms with Gasteiger partial charge in [-0.15, -0.1) is 12.4 Å². The van der Waals surface area contributed by atoms with Crippen molar-refractivity contribution in [2.24, 2.45) is 0 Å². The summed E-state index contributed by atoms with van der Waals surface area (Å²) in [6.07, 6.45) is 4.44. The molecule has 1 aliphatic rings. The standard InChI is InChI=1S/C11H22N2O2.ClH/c1-2-3-4-7-15-9-11(14)13-10-5-6-12-8-10;/h10,12H,2-9H2,1H3,(H,13,14);1H. The van der Waals surface area contributed by atoms with E-state index in [1.54, 1.807) is 0 Å². The summed E-state index contributed by atoms with van der Waals surface area (Å²) in [5.41, 5.74) is 0. The fraction of sp³-hybridized carbons (Fsp3) is 0.909. The molecule has 5 heteroatoms. The van der Waals surface area contributed by atoms with Crippen LogP contribution in [0.3, 0.4) is 0 Å². The second kappa shape index (κ2) is 9.87. The molecule has 0 bridgehead atoms. The fourth-order valence-corrected chi connectivity index (χ4v) is 1.67. The van der Waals surface area contributed by atoms with Crippen LogP contribution in [0.2, 0.25) is 0 Å². The number of ether oxygens (including phenoxy) is 1. The molecule has 96 valence electrons. The van der Waals surface area contributed by atoms with Crippen molar-refractivity contribution in [1.82, 2.24) is 10.6 Å². The lowest BCUT2D eigenvalue weighted by molar-refractivity contribution is -0.126. The Labute approximate surface area is 104 Å². The first-order chi connectivity index (χ1) is 7.33. The highest BCUT2D eigenvalue weighted by molar-refractivity contribution is 5.85. The first kappa shape index (κ1) is 15.7. The van der Waals surface area contributed by atoms with Gasteiger partial charge in [-0.3, -0.25) is 4.79 Å². The van der Waals surface area contributed by atoms with Crippen molar-refractivity contribution in [2.45, 2.75) is 38.6 Å². The van der Waals surface area contributed by atoms with Gasteiger partial charge in [0.15, 0.2) is 0 Å². The Kier molecular flexibility index (Phi) is 9.68. The molecule has 1 heterocycles. The van der Waals surface area contributed by atoms with Gasteiger partial charge < -0.3 is 15.4 Å². The van der Waals surface area contributed by atoms with E-state index in [4.69, 9.17) is 4.74 Å². The highest BCUT2D eigenvalue weighted by Crippen LogP contribution is 1.97. The zero-order valence-electron chi connectivity index (χ0n) is 9.96. The van der Waals surface area contributed by atoms with Crippen molar-refractivity contribution in [3.8, 4) is 0 Å². The van der Waals surface area contributed by atoms with Gasteiger partial charge in [-0.05, 0) is 19.4 Å². The fourth-order valence-electron chi connectivity index (χ4n) is 1.67. The van der Waals surface area contributed by atoms with Gasteiger partial charge in [-0.1, -0.05) is 19.8 Å². The molecule has 1 saturated heterocycles. The van der Waals surface area contributed by atoms with Crippen LogP contribution in [0.5, 0.6) is 0 Å².